The molecule has 1 aromatic heterocycles. The maximum absolute atomic E-state index is 2.55. The fraction of sp³-hybridized carbons (Fsp3) is 0.0769. The van der Waals surface area contributed by atoms with Gasteiger partial charge in [-0.25, -0.2) is 0 Å². The molecule has 0 fully saturated rings. The highest BCUT2D eigenvalue weighted by Crippen LogP contribution is 2.46. The van der Waals surface area contributed by atoms with E-state index in [1.54, 1.807) is 0 Å². The van der Waals surface area contributed by atoms with Crippen LogP contribution in [0.4, 0.5) is 11.4 Å². The molecule has 0 amide bonds. The zero-order chi connectivity index (χ0) is 44.6. The number of para-hydroxylation sites is 1. The predicted molar refractivity (Wildman–Crippen MR) is 283 cm³/mol. The highest BCUT2D eigenvalue weighted by Gasteiger charge is 2.38. The molecule has 1 heterocycles. The molecule has 2 nitrogen and oxygen atoms in total. The number of nitrogens with zero attached hydrogens (tertiary/aromatic N) is 2. The summed E-state index contributed by atoms with van der Waals surface area (Å²) in [5.41, 5.74) is 15.5. The molecule has 0 saturated carbocycles. The van der Waals surface area contributed by atoms with Crippen molar-refractivity contribution in [3.05, 3.63) is 294 Å². The van der Waals surface area contributed by atoms with E-state index in [4.69, 9.17) is 0 Å². The predicted octanol–water partition coefficient (Wildman–Crippen LogP) is 16.6. The van der Waals surface area contributed by atoms with Crippen LogP contribution in [0, 0.1) is 0 Å². The molecule has 1 atom stereocenters. The summed E-state index contributed by atoms with van der Waals surface area (Å²) in [5, 5.41) is 5.06. The van der Waals surface area contributed by atoms with E-state index in [1.807, 2.05) is 0 Å². The van der Waals surface area contributed by atoms with Gasteiger partial charge in [-0.15, -0.1) is 0 Å². The molecule has 9 aromatic carbocycles. The van der Waals surface area contributed by atoms with Crippen molar-refractivity contribution < 1.29 is 0 Å². The van der Waals surface area contributed by atoms with Crippen molar-refractivity contribution in [3.63, 3.8) is 0 Å². The molecular formula is C65H50N2. The van der Waals surface area contributed by atoms with Crippen molar-refractivity contribution in [3.8, 4) is 5.69 Å². The maximum Gasteiger partial charge on any atom is 0.0701 e. The average Bonchev–Trinajstić information content (AvgIpc) is 3.76. The van der Waals surface area contributed by atoms with Crippen LogP contribution in [0.3, 0.4) is 0 Å². The van der Waals surface area contributed by atoms with Gasteiger partial charge in [-0.2, -0.15) is 0 Å². The van der Waals surface area contributed by atoms with Crippen molar-refractivity contribution in [2.24, 2.45) is 0 Å². The number of benzene rings is 9. The molecule has 2 aliphatic rings. The number of fused-ring (bicyclic) bond motifs is 5. The van der Waals surface area contributed by atoms with Crippen LogP contribution in [0.5, 0.6) is 0 Å². The maximum atomic E-state index is 2.55. The standard InChI is InChI=1S/C65H50N2/c1-5-19-47(20-6-1)50-22-17-30-58(45-50)66(57-42-38-55(39-43-57)65(52-24-7-2-8-25-52,53-26-9-3-10-27-53)54-28-11-4-12-29-54)56-40-35-48(36-41-56)51-23-18-31-59(46-51)67-63-34-16-15-33-61(63)62-44-37-49-21-13-14-32-60(49)64(62)67/h1-5,7-19,21-40,42-46,56H,6,20,41H2. The van der Waals surface area contributed by atoms with E-state index in [9.17, 15) is 0 Å². The first-order valence-corrected chi connectivity index (χ1v) is 23.7. The van der Waals surface area contributed by atoms with Crippen LogP contribution in [-0.2, 0) is 5.41 Å². The molecular weight excluding hydrogens is 809 g/mol. The quantitative estimate of drug-likeness (QED) is 0.124. The Balaban J connectivity index is 0.943. The van der Waals surface area contributed by atoms with Crippen molar-refractivity contribution in [2.75, 3.05) is 4.90 Å². The number of hydrogen-bond acceptors (Lipinski definition) is 1. The average molecular weight is 859 g/mol. The molecule has 2 aliphatic carbocycles. The van der Waals surface area contributed by atoms with Gasteiger partial charge >= 0.3 is 0 Å². The van der Waals surface area contributed by atoms with Crippen molar-refractivity contribution >= 4 is 55.1 Å². The summed E-state index contributed by atoms with van der Waals surface area (Å²) in [6.07, 6.45) is 16.9. The summed E-state index contributed by atoms with van der Waals surface area (Å²) in [6, 6.07) is 82.9. The lowest BCUT2D eigenvalue weighted by molar-refractivity contribution is 0.743. The first kappa shape index (κ1) is 40.3. The first-order valence-electron chi connectivity index (χ1n) is 23.7. The van der Waals surface area contributed by atoms with E-state index in [1.165, 1.54) is 88.5 Å². The van der Waals surface area contributed by atoms with Crippen LogP contribution in [-0.4, -0.2) is 10.6 Å². The van der Waals surface area contributed by atoms with E-state index in [2.05, 4.69) is 270 Å². The van der Waals surface area contributed by atoms with Crippen LogP contribution in [0.2, 0.25) is 0 Å². The van der Waals surface area contributed by atoms with Gasteiger partial charge in [-0.05, 0) is 112 Å². The third kappa shape index (κ3) is 7.14. The number of hydrogen-bond donors (Lipinski definition) is 0. The minimum absolute atomic E-state index is 0.0964. The van der Waals surface area contributed by atoms with Gasteiger partial charge in [0.05, 0.1) is 22.5 Å². The van der Waals surface area contributed by atoms with Crippen LogP contribution in [0.15, 0.2) is 261 Å². The molecule has 320 valence electrons. The lowest BCUT2D eigenvalue weighted by Gasteiger charge is -2.38. The van der Waals surface area contributed by atoms with Crippen LogP contribution >= 0.6 is 0 Å². The minimum Gasteiger partial charge on any atom is -0.334 e. The summed E-state index contributed by atoms with van der Waals surface area (Å²) in [7, 11) is 0. The molecule has 67 heavy (non-hydrogen) atoms. The van der Waals surface area contributed by atoms with Crippen LogP contribution in [0.25, 0.3) is 49.4 Å². The van der Waals surface area contributed by atoms with Crippen molar-refractivity contribution in [1.29, 1.82) is 0 Å². The largest absolute Gasteiger partial charge is 0.334 e. The molecule has 0 spiro atoms. The third-order valence-corrected chi connectivity index (χ3v) is 14.1. The van der Waals surface area contributed by atoms with Gasteiger partial charge in [0.2, 0.25) is 0 Å². The highest BCUT2D eigenvalue weighted by atomic mass is 15.2. The zero-order valence-electron chi connectivity index (χ0n) is 37.4. The Labute approximate surface area is 393 Å². The second-order valence-electron chi connectivity index (χ2n) is 17.9. The molecule has 0 radical (unpaired) electrons. The Morgan fingerprint density at radius 1 is 0.493 bits per heavy atom. The summed E-state index contributed by atoms with van der Waals surface area (Å²) < 4.78 is 2.46. The fourth-order valence-corrected chi connectivity index (χ4v) is 11.0. The zero-order valence-corrected chi connectivity index (χ0v) is 37.4. The molecule has 1 unspecified atom stereocenters. The summed E-state index contributed by atoms with van der Waals surface area (Å²) in [6.45, 7) is 0. The molecule has 0 aliphatic heterocycles. The summed E-state index contributed by atoms with van der Waals surface area (Å²) in [5.74, 6) is 0. The molecule has 10 aromatic rings. The fourth-order valence-electron chi connectivity index (χ4n) is 11.0. The summed E-state index contributed by atoms with van der Waals surface area (Å²) >= 11 is 0. The number of allylic oxidation sites excluding steroid dienone is 6. The van der Waals surface area contributed by atoms with Gasteiger partial charge in [0.15, 0.2) is 0 Å². The third-order valence-electron chi connectivity index (χ3n) is 14.1. The SMILES string of the molecule is C1=CCCC(c2cccc(N(c3ccc(C(c4ccccc4)(c4ccccc4)c4ccccc4)cc3)C3C=CC(c4cccc(-n5c6ccccc6c6ccc7ccccc7c65)c4)=CC3)c2)=C1. The van der Waals surface area contributed by atoms with Gasteiger partial charge < -0.3 is 9.47 Å². The molecule has 0 bridgehead atoms. The second kappa shape index (κ2) is 17.3. The topological polar surface area (TPSA) is 8.17 Å². The van der Waals surface area contributed by atoms with E-state index >= 15 is 0 Å². The van der Waals surface area contributed by atoms with E-state index in [-0.39, 0.29) is 6.04 Å². The molecule has 0 saturated heterocycles. The lowest BCUT2D eigenvalue weighted by Crippen LogP contribution is -2.32. The van der Waals surface area contributed by atoms with E-state index in [0.717, 1.165) is 24.9 Å². The minimum atomic E-state index is -0.517. The number of aromatic nitrogens is 1. The normalized spacial score (nSPS) is 14.9. The van der Waals surface area contributed by atoms with E-state index < -0.39 is 5.41 Å². The van der Waals surface area contributed by atoms with Gasteiger partial charge in [0, 0.05) is 33.2 Å². The van der Waals surface area contributed by atoms with Gasteiger partial charge in [0.1, 0.15) is 0 Å². The number of rotatable bonds is 10. The first-order chi connectivity index (χ1) is 33.2. The Morgan fingerprint density at radius 3 is 1.82 bits per heavy atom. The summed E-state index contributed by atoms with van der Waals surface area (Å²) in [4.78, 5) is 2.55. The Bertz CT molecular complexity index is 3440. The smallest absolute Gasteiger partial charge is 0.0701 e. The van der Waals surface area contributed by atoms with Gasteiger partial charge in [0.25, 0.3) is 0 Å². The van der Waals surface area contributed by atoms with Crippen LogP contribution in [0.1, 0.15) is 52.6 Å². The Kier molecular flexibility index (Phi) is 10.4. The Hall–Kier alpha value is -8.20. The Morgan fingerprint density at radius 2 is 1.13 bits per heavy atom. The van der Waals surface area contributed by atoms with Crippen molar-refractivity contribution in [2.45, 2.75) is 30.7 Å². The molecule has 2 heteroatoms. The highest BCUT2D eigenvalue weighted by molar-refractivity contribution is 6.18. The lowest BCUT2D eigenvalue weighted by atomic mass is 9.65. The number of anilines is 2. The van der Waals surface area contributed by atoms with Crippen LogP contribution < -0.4 is 4.90 Å². The van der Waals surface area contributed by atoms with Crippen molar-refractivity contribution in [1.82, 2.24) is 4.57 Å². The second-order valence-corrected chi connectivity index (χ2v) is 17.9. The van der Waals surface area contributed by atoms with Gasteiger partial charge in [-0.1, -0.05) is 218 Å². The van der Waals surface area contributed by atoms with E-state index in [0.29, 0.717) is 0 Å². The van der Waals surface area contributed by atoms with Gasteiger partial charge in [-0.3, -0.25) is 0 Å². The molecule has 12 rings (SSSR count). The molecule has 0 N–H and O–H groups in total. The monoisotopic (exact) mass is 858 g/mol.